The summed E-state index contributed by atoms with van der Waals surface area (Å²) in [4.78, 5) is 19.0. The van der Waals surface area contributed by atoms with E-state index in [1.807, 2.05) is 30.3 Å². The van der Waals surface area contributed by atoms with Crippen molar-refractivity contribution >= 4 is 12.0 Å². The van der Waals surface area contributed by atoms with Crippen LogP contribution in [0.2, 0.25) is 0 Å². The standard InChI is InChI=1S/C13H11N3O/c14-12(17)7-6-10-8-15-13(16-9-10)11-4-2-1-3-5-11/h1-9H,(H2,14,17). The number of nitrogens with two attached hydrogens (primary N) is 1. The SMILES string of the molecule is NC(=O)C=Cc1cnc(-c2ccccc2)nc1. The Hall–Kier alpha value is -2.49. The fraction of sp³-hybridized carbons (Fsp3) is 0. The molecule has 0 saturated heterocycles. The molecule has 0 spiro atoms. The molecule has 0 fully saturated rings. The monoisotopic (exact) mass is 225 g/mol. The van der Waals surface area contributed by atoms with Crippen LogP contribution in [0.25, 0.3) is 17.5 Å². The van der Waals surface area contributed by atoms with Crippen molar-refractivity contribution in [3.8, 4) is 11.4 Å². The second kappa shape index (κ2) is 5.03. The van der Waals surface area contributed by atoms with Crippen LogP contribution in [0.15, 0.2) is 48.8 Å². The number of amides is 1. The normalized spacial score (nSPS) is 10.6. The average molecular weight is 225 g/mol. The molecule has 0 aliphatic rings. The molecule has 1 aromatic carbocycles. The first-order chi connectivity index (χ1) is 8.25. The fourth-order valence-corrected chi connectivity index (χ4v) is 1.34. The molecule has 0 aliphatic heterocycles. The van der Waals surface area contributed by atoms with Crippen molar-refractivity contribution in [3.05, 3.63) is 54.4 Å². The van der Waals surface area contributed by atoms with Crippen LogP contribution in [0.4, 0.5) is 0 Å². The van der Waals surface area contributed by atoms with Gasteiger partial charge in [0, 0.05) is 29.6 Å². The van der Waals surface area contributed by atoms with Crippen LogP contribution in [-0.4, -0.2) is 15.9 Å². The number of primary amides is 1. The third-order valence-corrected chi connectivity index (χ3v) is 2.14. The number of carbonyl (C=O) groups is 1. The lowest BCUT2D eigenvalue weighted by Crippen LogP contribution is -2.05. The number of carbonyl (C=O) groups excluding carboxylic acids is 1. The minimum absolute atomic E-state index is 0.489. The largest absolute Gasteiger partial charge is 0.366 e. The Morgan fingerprint density at radius 2 is 1.76 bits per heavy atom. The smallest absolute Gasteiger partial charge is 0.241 e. The van der Waals surface area contributed by atoms with Crippen molar-refractivity contribution in [2.75, 3.05) is 0 Å². The zero-order valence-electron chi connectivity index (χ0n) is 9.08. The minimum Gasteiger partial charge on any atom is -0.366 e. The molecule has 0 saturated carbocycles. The van der Waals surface area contributed by atoms with Gasteiger partial charge < -0.3 is 5.73 Å². The predicted octanol–water partition coefficient (Wildman–Crippen LogP) is 1.64. The zero-order chi connectivity index (χ0) is 12.1. The molecular formula is C13H11N3O. The van der Waals surface area contributed by atoms with Gasteiger partial charge in [-0.1, -0.05) is 30.3 Å². The first-order valence-electron chi connectivity index (χ1n) is 5.11. The van der Waals surface area contributed by atoms with Crippen molar-refractivity contribution in [2.24, 2.45) is 5.73 Å². The Kier molecular flexibility index (Phi) is 3.25. The highest BCUT2D eigenvalue weighted by Gasteiger charge is 1.98. The maximum absolute atomic E-state index is 10.6. The van der Waals surface area contributed by atoms with Gasteiger partial charge in [0.05, 0.1) is 0 Å². The molecule has 0 radical (unpaired) electrons. The second-order valence-electron chi connectivity index (χ2n) is 3.44. The Morgan fingerprint density at radius 3 is 2.35 bits per heavy atom. The molecular weight excluding hydrogens is 214 g/mol. The van der Waals surface area contributed by atoms with Crippen LogP contribution in [0, 0.1) is 0 Å². The van der Waals surface area contributed by atoms with E-state index in [1.165, 1.54) is 6.08 Å². The molecule has 0 aliphatic carbocycles. The van der Waals surface area contributed by atoms with Crippen molar-refractivity contribution < 1.29 is 4.79 Å². The summed E-state index contributed by atoms with van der Waals surface area (Å²) in [5, 5.41) is 0. The molecule has 1 aromatic heterocycles. The van der Waals surface area contributed by atoms with Crippen molar-refractivity contribution in [1.82, 2.24) is 9.97 Å². The molecule has 4 nitrogen and oxygen atoms in total. The lowest BCUT2D eigenvalue weighted by atomic mass is 10.2. The van der Waals surface area contributed by atoms with Gasteiger partial charge in [-0.15, -0.1) is 0 Å². The fourth-order valence-electron chi connectivity index (χ4n) is 1.34. The van der Waals surface area contributed by atoms with E-state index >= 15 is 0 Å². The molecule has 1 heterocycles. The topological polar surface area (TPSA) is 68.9 Å². The lowest BCUT2D eigenvalue weighted by Gasteiger charge is -1.99. The Morgan fingerprint density at radius 1 is 1.12 bits per heavy atom. The van der Waals surface area contributed by atoms with Crippen molar-refractivity contribution in [2.45, 2.75) is 0 Å². The highest BCUT2D eigenvalue weighted by atomic mass is 16.1. The maximum Gasteiger partial charge on any atom is 0.241 e. The number of aromatic nitrogens is 2. The molecule has 2 rings (SSSR count). The van der Waals surface area contributed by atoms with Gasteiger partial charge in [0.2, 0.25) is 5.91 Å². The van der Waals surface area contributed by atoms with Gasteiger partial charge in [0.15, 0.2) is 5.82 Å². The number of hydrogen-bond acceptors (Lipinski definition) is 3. The molecule has 2 N–H and O–H groups in total. The molecule has 0 unspecified atom stereocenters. The number of nitrogens with zero attached hydrogens (tertiary/aromatic N) is 2. The third kappa shape index (κ3) is 2.98. The molecule has 1 amide bonds. The highest BCUT2D eigenvalue weighted by Crippen LogP contribution is 2.13. The minimum atomic E-state index is -0.489. The van der Waals surface area contributed by atoms with E-state index in [0.29, 0.717) is 5.82 Å². The quantitative estimate of drug-likeness (QED) is 0.807. The van der Waals surface area contributed by atoms with E-state index in [-0.39, 0.29) is 0 Å². The summed E-state index contributed by atoms with van der Waals surface area (Å²) in [6.07, 6.45) is 6.15. The average Bonchev–Trinajstić information content (AvgIpc) is 2.38. The number of rotatable bonds is 3. The molecule has 4 heteroatoms. The van der Waals surface area contributed by atoms with E-state index in [4.69, 9.17) is 5.73 Å². The number of benzene rings is 1. The van der Waals surface area contributed by atoms with Crippen LogP contribution in [0.3, 0.4) is 0 Å². The summed E-state index contributed by atoms with van der Waals surface area (Å²) in [5.74, 6) is 0.166. The van der Waals surface area contributed by atoms with Gasteiger partial charge in [-0.3, -0.25) is 4.79 Å². The first kappa shape index (κ1) is 11.0. The van der Waals surface area contributed by atoms with E-state index in [0.717, 1.165) is 11.1 Å². The molecule has 84 valence electrons. The summed E-state index contributed by atoms with van der Waals surface area (Å²) in [6.45, 7) is 0. The molecule has 17 heavy (non-hydrogen) atoms. The van der Waals surface area contributed by atoms with Gasteiger partial charge in [0.1, 0.15) is 0 Å². The summed E-state index contributed by atoms with van der Waals surface area (Å²) < 4.78 is 0. The van der Waals surface area contributed by atoms with Gasteiger partial charge in [-0.25, -0.2) is 9.97 Å². The van der Waals surface area contributed by atoms with Crippen LogP contribution in [0.1, 0.15) is 5.56 Å². The van der Waals surface area contributed by atoms with Gasteiger partial charge in [0.25, 0.3) is 0 Å². The lowest BCUT2D eigenvalue weighted by molar-refractivity contribution is -0.113. The first-order valence-corrected chi connectivity index (χ1v) is 5.11. The Labute approximate surface area is 98.8 Å². The van der Waals surface area contributed by atoms with E-state index in [1.54, 1.807) is 18.5 Å². The predicted molar refractivity (Wildman–Crippen MR) is 65.7 cm³/mol. The third-order valence-electron chi connectivity index (χ3n) is 2.14. The maximum atomic E-state index is 10.6. The van der Waals surface area contributed by atoms with Crippen molar-refractivity contribution in [3.63, 3.8) is 0 Å². The highest BCUT2D eigenvalue weighted by molar-refractivity contribution is 5.90. The van der Waals surface area contributed by atoms with Crippen molar-refractivity contribution in [1.29, 1.82) is 0 Å². The second-order valence-corrected chi connectivity index (χ2v) is 3.44. The zero-order valence-corrected chi connectivity index (χ0v) is 9.08. The van der Waals surface area contributed by atoms with E-state index in [2.05, 4.69) is 9.97 Å². The Bertz CT molecular complexity index is 532. The van der Waals surface area contributed by atoms with Crippen LogP contribution >= 0.6 is 0 Å². The number of hydrogen-bond donors (Lipinski definition) is 1. The van der Waals surface area contributed by atoms with E-state index < -0.39 is 5.91 Å². The summed E-state index contributed by atoms with van der Waals surface area (Å²) in [6, 6.07) is 9.68. The molecule has 0 atom stereocenters. The van der Waals surface area contributed by atoms with E-state index in [9.17, 15) is 4.79 Å². The van der Waals surface area contributed by atoms with Gasteiger partial charge in [-0.05, 0) is 6.08 Å². The van der Waals surface area contributed by atoms with Crippen LogP contribution < -0.4 is 5.73 Å². The summed E-state index contributed by atoms with van der Waals surface area (Å²) in [7, 11) is 0. The van der Waals surface area contributed by atoms with Gasteiger partial charge in [-0.2, -0.15) is 0 Å². The van der Waals surface area contributed by atoms with Crippen LogP contribution in [0.5, 0.6) is 0 Å². The van der Waals surface area contributed by atoms with Gasteiger partial charge >= 0.3 is 0 Å². The Balaban J connectivity index is 2.22. The summed E-state index contributed by atoms with van der Waals surface area (Å²) in [5.41, 5.74) is 6.69. The molecule has 2 aromatic rings. The van der Waals surface area contributed by atoms with Crippen LogP contribution in [-0.2, 0) is 4.79 Å². The summed E-state index contributed by atoms with van der Waals surface area (Å²) >= 11 is 0. The molecule has 0 bridgehead atoms.